The topological polar surface area (TPSA) is 209 Å². The maximum absolute atomic E-state index is 12.1. The minimum absolute atomic E-state index is 0. The summed E-state index contributed by atoms with van der Waals surface area (Å²) in [4.78, 5) is 41.2. The molecule has 6 aromatic carbocycles. The van der Waals surface area contributed by atoms with Gasteiger partial charge in [0, 0.05) is 78.6 Å². The molecule has 0 amide bonds. The number of carbonyl (C=O) groups excluding carboxylic acids is 1. The van der Waals surface area contributed by atoms with Crippen molar-refractivity contribution < 1.29 is 67.5 Å². The molecule has 0 spiro atoms. The van der Waals surface area contributed by atoms with E-state index in [2.05, 4.69) is 163 Å². The zero-order valence-corrected chi connectivity index (χ0v) is 72.7. The van der Waals surface area contributed by atoms with Gasteiger partial charge in [-0.15, -0.1) is 58.8 Å². The summed E-state index contributed by atoms with van der Waals surface area (Å²) in [7, 11) is -3.26. The van der Waals surface area contributed by atoms with E-state index in [4.69, 9.17) is 5.11 Å². The minimum atomic E-state index is -3.26. The molecule has 22 heteroatoms. The number of benzene rings is 6. The fourth-order valence-corrected chi connectivity index (χ4v) is 24.2. The molecule has 6 aliphatic rings. The Bertz CT molecular complexity index is 4040. The Labute approximate surface area is 669 Å². The Kier molecular flexibility index (Phi) is 40.1. The molecule has 4 atom stereocenters. The number of allylic oxidation sites excluding steroid dienone is 1. The van der Waals surface area contributed by atoms with Crippen LogP contribution in [0.15, 0.2) is 89.7 Å². The van der Waals surface area contributed by atoms with Gasteiger partial charge in [-0.05, 0) is 283 Å². The number of carboxylic acid groups (broad SMARTS) is 2. The monoisotopic (exact) mass is 1790 g/mol. The average Bonchev–Trinajstić information content (AvgIpc) is 0.763. The van der Waals surface area contributed by atoms with Crippen LogP contribution in [0.4, 0.5) is 0 Å². The van der Waals surface area contributed by atoms with E-state index in [-0.39, 0.29) is 91.9 Å². The van der Waals surface area contributed by atoms with E-state index in [1.807, 2.05) is 87.7 Å². The predicted molar refractivity (Wildman–Crippen MR) is 437 cm³/mol. The Hall–Kier alpha value is -1.58. The fraction of sp³-hybridized carbons (Fsp3) is 0.447. The van der Waals surface area contributed by atoms with Crippen molar-refractivity contribution in [3.8, 4) is 0 Å². The third-order valence-electron chi connectivity index (χ3n) is 18.1. The van der Waals surface area contributed by atoms with Gasteiger partial charge in [0.15, 0.2) is 15.6 Å². The number of Topliss-reactive ketones (excluding diaryl/α,β-unsaturated/α-hetero) is 1. The second-order valence-electron chi connectivity index (χ2n) is 25.1. The minimum Gasteiger partial charge on any atom is -1.00 e. The fourth-order valence-electron chi connectivity index (χ4n) is 13.0. The number of halogens is 5. The van der Waals surface area contributed by atoms with Crippen molar-refractivity contribution in [3.63, 3.8) is 0 Å². The van der Waals surface area contributed by atoms with Gasteiger partial charge in [-0.2, -0.15) is 0 Å². The number of thioether (sulfide) groups is 5. The van der Waals surface area contributed by atoms with Gasteiger partial charge in [0.1, 0.15) is 0 Å². The number of hydrogen-bond acceptors (Lipinski definition) is 11. The molecule has 0 aromatic heterocycles. The summed E-state index contributed by atoms with van der Waals surface area (Å²) in [6, 6.07) is 12.0. The van der Waals surface area contributed by atoms with Crippen LogP contribution in [0.2, 0.25) is 0 Å². The number of rotatable bonds is 2. The van der Waals surface area contributed by atoms with Crippen molar-refractivity contribution in [1.82, 2.24) is 0 Å². The molecule has 98 heavy (non-hydrogen) atoms. The number of ketones is 1. The number of hydrogen-bond donors (Lipinski definition) is 3. The second kappa shape index (κ2) is 40.8. The summed E-state index contributed by atoms with van der Waals surface area (Å²) < 4.78 is 28.9. The van der Waals surface area contributed by atoms with Crippen LogP contribution in [0.25, 0.3) is 5.57 Å². The summed E-state index contributed by atoms with van der Waals surface area (Å²) in [6.07, 6.45) is 6.83. The number of carbonyl (C=O) groups is 3. The number of aliphatic hydroxyl groups is 1. The largest absolute Gasteiger partial charge is 2.00 e. The van der Waals surface area contributed by atoms with Crippen LogP contribution in [0.1, 0.15) is 226 Å². The molecule has 6 aromatic rings. The summed E-state index contributed by atoms with van der Waals surface area (Å²) in [6.45, 7) is 35.0. The summed E-state index contributed by atoms with van der Waals surface area (Å²) in [5.74, 6) is 5.36. The van der Waals surface area contributed by atoms with Crippen LogP contribution in [-0.2, 0) is 15.4 Å². The van der Waals surface area contributed by atoms with E-state index in [0.29, 0.717) is 51.7 Å². The van der Waals surface area contributed by atoms with E-state index in [9.17, 15) is 33.0 Å². The number of fused-ring (bicyclic) bond motifs is 6. The first-order valence-electron chi connectivity index (χ1n) is 30.8. The number of carboxylic acids is 2. The molecular formula is C76H103Br5MgO10S6. The first kappa shape index (κ1) is 96.4. The molecule has 4 unspecified atom stereocenters. The number of sulfone groups is 1. The van der Waals surface area contributed by atoms with Crippen LogP contribution in [0.5, 0.6) is 0 Å². The molecule has 6 aliphatic heterocycles. The van der Waals surface area contributed by atoms with Gasteiger partial charge in [0.2, 0.25) is 0 Å². The molecule has 6 heterocycles. The van der Waals surface area contributed by atoms with Gasteiger partial charge >= 0.3 is 35.0 Å². The molecule has 0 fully saturated rings. The van der Waals surface area contributed by atoms with Crippen LogP contribution in [0, 0.1) is 90.5 Å². The molecule has 7 N–H and O–H groups in total. The molecular weight excluding hydrogens is 1690 g/mol. The van der Waals surface area contributed by atoms with E-state index >= 15 is 0 Å². The third kappa shape index (κ3) is 21.6. The normalized spacial score (nSPS) is 18.2. The van der Waals surface area contributed by atoms with Gasteiger partial charge in [-0.1, -0.05) is 105 Å². The summed E-state index contributed by atoms with van der Waals surface area (Å²) >= 11 is 23.8. The zero-order chi connectivity index (χ0) is 67.6. The maximum atomic E-state index is 12.1. The van der Waals surface area contributed by atoms with E-state index in [0.717, 1.165) is 78.5 Å². The Morgan fingerprint density at radius 1 is 0.520 bits per heavy atom. The van der Waals surface area contributed by atoms with E-state index < -0.39 is 27.4 Å². The Morgan fingerprint density at radius 3 is 1.40 bits per heavy atom. The third-order valence-corrected chi connectivity index (χ3v) is 29.5. The molecule has 0 aliphatic carbocycles. The quantitative estimate of drug-likeness (QED) is 0.109. The van der Waals surface area contributed by atoms with Gasteiger partial charge < -0.3 is 50.7 Å². The smallest absolute Gasteiger partial charge is 1.00 e. The molecule has 12 rings (SSSR count). The van der Waals surface area contributed by atoms with E-state index in [1.54, 1.807) is 31.2 Å². The first-order valence-corrected chi connectivity index (χ1v) is 40.5. The number of aryl methyl sites for hydroxylation is 6. The zero-order valence-electron chi connectivity index (χ0n) is 58.5. The van der Waals surface area contributed by atoms with Crippen LogP contribution >= 0.6 is 123 Å². The maximum Gasteiger partial charge on any atom is 2.00 e. The standard InChI is InChI=1S/C13H16O4S.C13H16O2S.C12H15BrOS.C12H15BrS.C12H13BrS.C11H11BrOS.2CH4.CH3.BrH.Mg.2H2O.H2/c1-7-4-5-18(16,17)12-8(2)6-10(13(14)15)9(3)11(7)12;1-7-4-5-16-12-8(2)6-10(13(14)15)9(3)11(7)12;1-7-6-9(13)8(2)10-11(7)15-5-4-12(10,3)14;2*1-7-4-5-14-12-8(2)6-10(13)9(3)11(7)12;1-6-5-8(12)7(2)10-9(13)3-4-14-11(6)10;;;;;;;;/h6-7H,4-5H2,1-3H3,(H,14,15);6-7H,4-5H2,1-3H3,(H,14,15);6,14H,4-5H2,1-3H3;6-7H,4-5H2,1-3H3;4,6H,5H2,1-3H3;5H,3-4H2,1-2H3;2*1H4;1H3;1H;;2*1H2;1H/q;;;;;;;;-1;;+2;;;/p-1. The molecule has 540 valence electrons. The van der Waals surface area contributed by atoms with Crippen molar-refractivity contribution in [2.24, 2.45) is 0 Å². The van der Waals surface area contributed by atoms with Crippen LogP contribution < -0.4 is 17.0 Å². The van der Waals surface area contributed by atoms with Crippen LogP contribution in [-0.4, -0.2) is 110 Å². The van der Waals surface area contributed by atoms with Crippen molar-refractivity contribution >= 4 is 179 Å². The average molecular weight is 1790 g/mol. The van der Waals surface area contributed by atoms with Gasteiger partial charge in [0.25, 0.3) is 0 Å². The molecule has 0 bridgehead atoms. The summed E-state index contributed by atoms with van der Waals surface area (Å²) in [5, 5.41) is 28.8. The van der Waals surface area contributed by atoms with Gasteiger partial charge in [0.05, 0.1) is 27.4 Å². The molecule has 10 nitrogen and oxygen atoms in total. The van der Waals surface area contributed by atoms with Crippen molar-refractivity contribution in [1.29, 1.82) is 0 Å². The first-order chi connectivity index (χ1) is 42.5. The Balaban J connectivity index is 0. The SMILES string of the molecule is C.C.CC1=CCSc2c(C)cc(Br)c(C)c21.Cc1cc(Br)c(C)c2c1SCCC2(C)O.Cc1cc(Br)c(C)c2c1SCCC2=O.Cc1cc(Br)c(C)c2c1SCCC2C.Cc1cc(C(=O)O)c(C)c2c1S(=O)(=O)CCC2C.Cc1cc(C(=O)O)c(C)c2c1SCCC2C.O.O.[Br-].[CH3-].[HH].[Mg+2]. The predicted octanol–water partition coefficient (Wildman–Crippen LogP) is 19.6. The van der Waals surface area contributed by atoms with Crippen molar-refractivity contribution in [3.05, 3.63) is 179 Å². The second-order valence-corrected chi connectivity index (χ2v) is 36.0. The Morgan fingerprint density at radius 2 is 0.898 bits per heavy atom. The molecule has 0 saturated heterocycles. The van der Waals surface area contributed by atoms with Gasteiger partial charge in [-0.25, -0.2) is 18.0 Å². The molecule has 0 saturated carbocycles. The van der Waals surface area contributed by atoms with Crippen molar-refractivity contribution in [2.45, 2.75) is 217 Å². The summed E-state index contributed by atoms with van der Waals surface area (Å²) in [5.41, 5.74) is 22.0. The van der Waals surface area contributed by atoms with Gasteiger partial charge in [-0.3, -0.25) is 4.79 Å². The molecule has 0 radical (unpaired) electrons. The number of aromatic carboxylic acids is 2. The van der Waals surface area contributed by atoms with Crippen molar-refractivity contribution in [2.75, 3.05) is 34.5 Å². The van der Waals surface area contributed by atoms with Crippen LogP contribution in [0.3, 0.4) is 0 Å². The van der Waals surface area contributed by atoms with E-state index in [1.165, 1.54) is 107 Å².